The molecular weight excluding hydrogens is 404 g/mol. The minimum absolute atomic E-state index is 0.0871. The van der Waals surface area contributed by atoms with E-state index in [1.807, 2.05) is 12.1 Å². The molecule has 0 unspecified atom stereocenters. The molecule has 2 aliphatic rings. The molecule has 2 heterocycles. The van der Waals surface area contributed by atoms with Gasteiger partial charge in [-0.05, 0) is 61.1 Å². The highest BCUT2D eigenvalue weighted by Gasteiger charge is 2.25. The molecule has 0 saturated carbocycles. The van der Waals surface area contributed by atoms with Crippen LogP contribution < -0.4 is 15.5 Å². The zero-order valence-corrected chi connectivity index (χ0v) is 17.2. The van der Waals surface area contributed by atoms with Crippen LogP contribution in [-0.2, 0) is 36.0 Å². The standard InChI is InChI=1S/C22H22N2O5S/c23-30(26,27)15-7-5-14(6-8-15)11-24-12-19-20(28-13-24)10-9-17-16-3-1-2-4-18(16)22(25)29-21(17)19/h5-10H,1-4,11-13H2,(H2,23,26,27). The number of aryl methyl sites for hydroxylation is 1. The Bertz CT molecular complexity index is 1300. The van der Waals surface area contributed by atoms with Crippen molar-refractivity contribution in [3.8, 4) is 5.75 Å². The SMILES string of the molecule is NS(=O)(=O)c1ccc(CN2COc3ccc4c5c(c(=O)oc4c3C2)CCCC5)cc1. The van der Waals surface area contributed by atoms with Gasteiger partial charge < -0.3 is 9.15 Å². The Morgan fingerprint density at radius 3 is 2.43 bits per heavy atom. The Balaban J connectivity index is 1.47. The Hall–Kier alpha value is -2.68. The summed E-state index contributed by atoms with van der Waals surface area (Å²) in [7, 11) is -3.71. The zero-order valence-electron chi connectivity index (χ0n) is 16.4. The number of rotatable bonds is 3. The van der Waals surface area contributed by atoms with Crippen LogP contribution in [0.4, 0.5) is 0 Å². The van der Waals surface area contributed by atoms with Crippen molar-refractivity contribution in [3.05, 3.63) is 69.1 Å². The van der Waals surface area contributed by atoms with Crippen LogP contribution in [-0.4, -0.2) is 20.0 Å². The van der Waals surface area contributed by atoms with Gasteiger partial charge in [0.2, 0.25) is 10.0 Å². The first-order chi connectivity index (χ1) is 14.4. The van der Waals surface area contributed by atoms with E-state index in [-0.39, 0.29) is 10.5 Å². The molecule has 7 nitrogen and oxygen atoms in total. The molecule has 0 radical (unpaired) electrons. The predicted octanol–water partition coefficient (Wildman–Crippen LogP) is 2.67. The molecule has 8 heteroatoms. The van der Waals surface area contributed by atoms with Gasteiger partial charge in [0.25, 0.3) is 0 Å². The number of sulfonamides is 1. The molecule has 5 rings (SSSR count). The number of hydrogen-bond acceptors (Lipinski definition) is 6. The number of nitrogens with two attached hydrogens (primary N) is 1. The fourth-order valence-electron chi connectivity index (χ4n) is 4.41. The third-order valence-corrected chi connectivity index (χ3v) is 6.82. The lowest BCUT2D eigenvalue weighted by molar-refractivity contribution is 0.0889. The van der Waals surface area contributed by atoms with Crippen LogP contribution in [0.25, 0.3) is 11.0 Å². The molecule has 2 N–H and O–H groups in total. The molecule has 1 aromatic heterocycles. The van der Waals surface area contributed by atoms with Crippen molar-refractivity contribution < 1.29 is 17.6 Å². The van der Waals surface area contributed by atoms with Crippen LogP contribution in [0, 0.1) is 0 Å². The smallest absolute Gasteiger partial charge is 0.339 e. The molecule has 2 aromatic carbocycles. The largest absolute Gasteiger partial charge is 0.478 e. The van der Waals surface area contributed by atoms with Gasteiger partial charge in [0.05, 0.1) is 10.5 Å². The first-order valence-electron chi connectivity index (χ1n) is 9.97. The lowest BCUT2D eigenvalue weighted by Gasteiger charge is -2.30. The number of benzene rings is 2. The Morgan fingerprint density at radius 2 is 1.70 bits per heavy atom. The minimum Gasteiger partial charge on any atom is -0.478 e. The van der Waals surface area contributed by atoms with E-state index in [9.17, 15) is 13.2 Å². The van der Waals surface area contributed by atoms with Crippen LogP contribution in [0.15, 0.2) is 50.5 Å². The van der Waals surface area contributed by atoms with Crippen molar-refractivity contribution in [3.63, 3.8) is 0 Å². The molecule has 0 saturated heterocycles. The second-order valence-corrected chi connectivity index (χ2v) is 9.48. The van der Waals surface area contributed by atoms with Gasteiger partial charge in [-0.25, -0.2) is 18.4 Å². The van der Waals surface area contributed by atoms with E-state index >= 15 is 0 Å². The highest BCUT2D eigenvalue weighted by atomic mass is 32.2. The van der Waals surface area contributed by atoms with Crippen molar-refractivity contribution in [2.75, 3.05) is 6.73 Å². The highest BCUT2D eigenvalue weighted by molar-refractivity contribution is 7.89. The van der Waals surface area contributed by atoms with Crippen molar-refractivity contribution in [1.29, 1.82) is 0 Å². The molecule has 1 aliphatic heterocycles. The Labute approximate surface area is 174 Å². The normalized spacial score (nSPS) is 16.7. The Kier molecular flexibility index (Phi) is 4.65. The fourth-order valence-corrected chi connectivity index (χ4v) is 4.92. The fraction of sp³-hybridized carbons (Fsp3) is 0.318. The van der Waals surface area contributed by atoms with Crippen molar-refractivity contribution in [2.45, 2.75) is 43.7 Å². The average molecular weight is 426 g/mol. The predicted molar refractivity (Wildman–Crippen MR) is 112 cm³/mol. The molecule has 0 spiro atoms. The van der Waals surface area contributed by atoms with Crippen LogP contribution in [0.1, 0.15) is 35.1 Å². The van der Waals surface area contributed by atoms with Gasteiger partial charge >= 0.3 is 5.63 Å². The highest BCUT2D eigenvalue weighted by Crippen LogP contribution is 2.35. The van der Waals surface area contributed by atoms with E-state index in [0.717, 1.165) is 59.1 Å². The van der Waals surface area contributed by atoms with Crippen molar-refractivity contribution in [1.82, 2.24) is 4.90 Å². The lowest BCUT2D eigenvalue weighted by Crippen LogP contribution is -2.32. The number of primary sulfonamides is 1. The third-order valence-electron chi connectivity index (χ3n) is 5.89. The average Bonchev–Trinajstić information content (AvgIpc) is 2.74. The zero-order chi connectivity index (χ0) is 20.9. The summed E-state index contributed by atoms with van der Waals surface area (Å²) >= 11 is 0. The monoisotopic (exact) mass is 426 g/mol. The van der Waals surface area contributed by atoms with Crippen LogP contribution in [0.2, 0.25) is 0 Å². The number of ether oxygens (including phenoxy) is 1. The summed E-state index contributed by atoms with van der Waals surface area (Å²) in [5.74, 6) is 0.738. The van der Waals surface area contributed by atoms with Gasteiger partial charge in [-0.2, -0.15) is 0 Å². The van der Waals surface area contributed by atoms with Crippen molar-refractivity contribution in [2.24, 2.45) is 5.14 Å². The van der Waals surface area contributed by atoms with Gasteiger partial charge in [0.1, 0.15) is 18.1 Å². The van der Waals surface area contributed by atoms with Crippen LogP contribution in [0.5, 0.6) is 5.75 Å². The number of hydrogen-bond donors (Lipinski definition) is 1. The summed E-state index contributed by atoms with van der Waals surface area (Å²) in [6.45, 7) is 1.53. The van der Waals surface area contributed by atoms with E-state index < -0.39 is 10.0 Å². The Morgan fingerprint density at radius 1 is 0.967 bits per heavy atom. The maximum atomic E-state index is 12.6. The summed E-state index contributed by atoms with van der Waals surface area (Å²) in [6, 6.07) is 10.5. The van der Waals surface area contributed by atoms with Crippen molar-refractivity contribution >= 4 is 21.0 Å². The summed E-state index contributed by atoms with van der Waals surface area (Å²) in [5, 5.41) is 6.17. The van der Waals surface area contributed by atoms with Gasteiger partial charge in [0, 0.05) is 24.0 Å². The second kappa shape index (κ2) is 7.23. The summed E-state index contributed by atoms with van der Waals surface area (Å²) in [5.41, 5.74) is 4.14. The van der Waals surface area contributed by atoms with Gasteiger partial charge in [-0.3, -0.25) is 4.90 Å². The van der Waals surface area contributed by atoms with E-state index in [1.54, 1.807) is 12.1 Å². The molecule has 0 fully saturated rings. The van der Waals surface area contributed by atoms with Crippen LogP contribution in [0.3, 0.4) is 0 Å². The maximum Gasteiger partial charge on any atom is 0.339 e. The van der Waals surface area contributed by atoms with E-state index in [0.29, 0.717) is 25.4 Å². The third kappa shape index (κ3) is 3.40. The number of nitrogens with zero attached hydrogens (tertiary/aromatic N) is 1. The second-order valence-electron chi connectivity index (χ2n) is 7.92. The molecule has 30 heavy (non-hydrogen) atoms. The molecule has 156 valence electrons. The molecule has 1 aliphatic carbocycles. The van der Waals surface area contributed by atoms with E-state index in [1.165, 1.54) is 12.1 Å². The summed E-state index contributed by atoms with van der Waals surface area (Å²) < 4.78 is 34.6. The van der Waals surface area contributed by atoms with E-state index in [2.05, 4.69) is 4.90 Å². The molecule has 3 aromatic rings. The van der Waals surface area contributed by atoms with E-state index in [4.69, 9.17) is 14.3 Å². The maximum absolute atomic E-state index is 12.6. The molecule has 0 atom stereocenters. The molecule has 0 amide bonds. The quantitative estimate of drug-likeness (QED) is 0.646. The lowest BCUT2D eigenvalue weighted by atomic mass is 9.90. The molecular formula is C22H22N2O5S. The van der Waals surface area contributed by atoms with Gasteiger partial charge in [-0.15, -0.1) is 0 Å². The first-order valence-corrected chi connectivity index (χ1v) is 11.5. The van der Waals surface area contributed by atoms with Gasteiger partial charge in [0.15, 0.2) is 0 Å². The summed E-state index contributed by atoms with van der Waals surface area (Å²) in [6.07, 6.45) is 3.79. The topological polar surface area (TPSA) is 103 Å². The van der Waals surface area contributed by atoms with Gasteiger partial charge in [-0.1, -0.05) is 12.1 Å². The van der Waals surface area contributed by atoms with Crippen LogP contribution >= 0.6 is 0 Å². The molecule has 0 bridgehead atoms. The number of fused-ring (bicyclic) bond motifs is 5. The first kappa shape index (κ1) is 19.3. The summed E-state index contributed by atoms with van der Waals surface area (Å²) in [4.78, 5) is 14.7. The minimum atomic E-state index is -3.71.